The van der Waals surface area contributed by atoms with E-state index in [0.29, 0.717) is 6.42 Å². The van der Waals surface area contributed by atoms with Gasteiger partial charge in [0.25, 0.3) is 0 Å². The number of ether oxygens (including phenoxy) is 2. The molecule has 1 aromatic rings. The van der Waals surface area contributed by atoms with Crippen LogP contribution in [0.15, 0.2) is 11.0 Å². The van der Waals surface area contributed by atoms with E-state index in [9.17, 15) is 19.8 Å². The summed E-state index contributed by atoms with van der Waals surface area (Å²) < 4.78 is 12.1. The van der Waals surface area contributed by atoms with Crippen molar-refractivity contribution in [2.75, 3.05) is 0 Å². The smallest absolute Gasteiger partial charge is 0.309 e. The Labute approximate surface area is 219 Å². The predicted molar refractivity (Wildman–Crippen MR) is 140 cm³/mol. The van der Waals surface area contributed by atoms with Crippen molar-refractivity contribution in [3.05, 3.63) is 21.7 Å². The lowest BCUT2D eigenvalue weighted by Gasteiger charge is -2.34. The van der Waals surface area contributed by atoms with E-state index in [1.54, 1.807) is 32.1 Å². The maximum Gasteiger partial charge on any atom is 0.309 e. The number of hydrogen-bond donors (Lipinski definition) is 2. The fourth-order valence-corrected chi connectivity index (χ4v) is 6.00. The summed E-state index contributed by atoms with van der Waals surface area (Å²) in [5.41, 5.74) is 0.230. The van der Waals surface area contributed by atoms with Crippen molar-refractivity contribution in [2.45, 2.75) is 117 Å². The Kier molecular flexibility index (Phi) is 9.18. The maximum atomic E-state index is 13.3. The Morgan fingerprint density at radius 1 is 1.28 bits per heavy atom. The molecule has 2 saturated heterocycles. The van der Waals surface area contributed by atoms with Crippen LogP contribution < -0.4 is 0 Å². The highest BCUT2D eigenvalue weighted by molar-refractivity contribution is 7.09. The van der Waals surface area contributed by atoms with Gasteiger partial charge in [-0.15, -0.1) is 11.3 Å². The fourth-order valence-electron chi connectivity index (χ4n) is 5.43. The molecule has 1 unspecified atom stereocenters. The van der Waals surface area contributed by atoms with Crippen LogP contribution in [-0.4, -0.2) is 57.0 Å². The number of aryl methyl sites for hydroxylation is 1. The van der Waals surface area contributed by atoms with Gasteiger partial charge in [-0.25, -0.2) is 4.98 Å². The van der Waals surface area contributed by atoms with E-state index in [1.807, 2.05) is 32.2 Å². The molecule has 0 radical (unpaired) electrons. The van der Waals surface area contributed by atoms with Gasteiger partial charge in [0.2, 0.25) is 0 Å². The molecule has 2 N–H and O–H groups in total. The Hall–Kier alpha value is -1.61. The number of Topliss-reactive ketones (excluding diaryl/α,β-unsaturated/α-hetero) is 1. The third-order valence-electron chi connectivity index (χ3n) is 8.32. The van der Waals surface area contributed by atoms with E-state index in [-0.39, 0.29) is 29.8 Å². The third kappa shape index (κ3) is 6.44. The van der Waals surface area contributed by atoms with Gasteiger partial charge in [-0.2, -0.15) is 0 Å². The number of cyclic esters (lactones) is 1. The highest BCUT2D eigenvalue weighted by Crippen LogP contribution is 2.47. The number of carbonyl (C=O) groups excluding carboxylic acids is 2. The molecule has 0 amide bonds. The lowest BCUT2D eigenvalue weighted by molar-refractivity contribution is -0.154. The number of aliphatic hydroxyl groups excluding tert-OH is 2. The van der Waals surface area contributed by atoms with Crippen LogP contribution in [0, 0.1) is 24.2 Å². The van der Waals surface area contributed by atoms with Gasteiger partial charge in [-0.1, -0.05) is 41.0 Å². The van der Waals surface area contributed by atoms with E-state index in [2.05, 4.69) is 11.9 Å². The number of fused-ring (bicyclic) bond motifs is 1. The number of ketones is 1. The van der Waals surface area contributed by atoms with Crippen molar-refractivity contribution in [3.8, 4) is 0 Å². The van der Waals surface area contributed by atoms with Gasteiger partial charge in [0.15, 0.2) is 0 Å². The molecule has 2 fully saturated rings. The molecule has 0 bridgehead atoms. The average molecular weight is 522 g/mol. The summed E-state index contributed by atoms with van der Waals surface area (Å²) in [6.07, 6.45) is 2.92. The largest absolute Gasteiger partial charge is 0.458 e. The van der Waals surface area contributed by atoms with E-state index in [0.717, 1.165) is 42.0 Å². The minimum Gasteiger partial charge on any atom is -0.458 e. The molecule has 0 aliphatic carbocycles. The monoisotopic (exact) mass is 521 g/mol. The second-order valence-corrected chi connectivity index (χ2v) is 12.4. The zero-order chi connectivity index (χ0) is 26.8. The summed E-state index contributed by atoms with van der Waals surface area (Å²) in [6.45, 7) is 12.9. The van der Waals surface area contributed by atoms with Gasteiger partial charge in [-0.3, -0.25) is 9.59 Å². The van der Waals surface area contributed by atoms with E-state index < -0.39 is 35.6 Å². The molecule has 2 aliphatic rings. The average Bonchev–Trinajstić information content (AvgIpc) is 3.35. The van der Waals surface area contributed by atoms with Gasteiger partial charge in [0.1, 0.15) is 11.9 Å². The number of rotatable bonds is 3. The normalized spacial score (nSPS) is 36.8. The Bertz CT molecular complexity index is 971. The van der Waals surface area contributed by atoms with Crippen LogP contribution in [-0.2, 0) is 19.1 Å². The van der Waals surface area contributed by atoms with Gasteiger partial charge in [-0.05, 0) is 50.7 Å². The topological polar surface area (TPSA) is 109 Å². The molecule has 1 aromatic heterocycles. The second-order valence-electron chi connectivity index (χ2n) is 11.4. The number of carbonyl (C=O) groups is 2. The number of esters is 1. The Morgan fingerprint density at radius 3 is 2.58 bits per heavy atom. The first-order valence-electron chi connectivity index (χ1n) is 13.2. The highest BCUT2D eigenvalue weighted by Gasteiger charge is 2.55. The van der Waals surface area contributed by atoms with Crippen LogP contribution in [0.5, 0.6) is 0 Å². The second kappa shape index (κ2) is 11.4. The number of hydrogen-bond acceptors (Lipinski definition) is 8. The van der Waals surface area contributed by atoms with E-state index >= 15 is 0 Å². The summed E-state index contributed by atoms with van der Waals surface area (Å²) >= 11 is 1.56. The van der Waals surface area contributed by atoms with E-state index in [4.69, 9.17) is 9.47 Å². The number of aliphatic hydroxyl groups is 2. The SMILES string of the molecule is CC[C@]12CCC[C@H](C)C(O)[C@@H](C)C(=O)C(C)(C)[C@@H](O)CC(=O)O[C@H](/C(C)=C/c3csc(C)n3)C[C@@H]1O2. The summed E-state index contributed by atoms with van der Waals surface area (Å²) in [7, 11) is 0. The van der Waals surface area contributed by atoms with Crippen LogP contribution in [0.1, 0.15) is 90.8 Å². The predicted octanol–water partition coefficient (Wildman–Crippen LogP) is 4.87. The molecule has 0 aromatic carbocycles. The number of epoxide rings is 1. The first-order valence-corrected chi connectivity index (χ1v) is 14.1. The van der Waals surface area contributed by atoms with Gasteiger partial charge >= 0.3 is 5.97 Å². The van der Waals surface area contributed by atoms with Crippen molar-refractivity contribution < 1.29 is 29.3 Å². The first-order chi connectivity index (χ1) is 16.8. The van der Waals surface area contributed by atoms with Crippen molar-refractivity contribution in [1.29, 1.82) is 0 Å². The molecule has 0 spiro atoms. The highest BCUT2D eigenvalue weighted by atomic mass is 32.1. The van der Waals surface area contributed by atoms with Crippen molar-refractivity contribution in [3.63, 3.8) is 0 Å². The van der Waals surface area contributed by atoms with Crippen molar-refractivity contribution in [1.82, 2.24) is 4.98 Å². The molecule has 202 valence electrons. The van der Waals surface area contributed by atoms with Crippen LogP contribution in [0.4, 0.5) is 0 Å². The van der Waals surface area contributed by atoms with Gasteiger partial charge < -0.3 is 19.7 Å². The molecule has 0 saturated carbocycles. The standard InChI is InChI=1S/C28H43NO6S/c1-8-28-11-9-10-16(2)25(32)18(4)26(33)27(6,7)22(30)14-24(31)34-21(13-23(28)35-28)17(3)12-20-15-36-19(5)29-20/h12,15-16,18,21-23,25,30,32H,8-11,13-14H2,1-7H3/b17-12+/t16-,18+,21-,22-,23-,25?,28-/m0/s1. The van der Waals surface area contributed by atoms with Crippen LogP contribution >= 0.6 is 11.3 Å². The molecule has 7 atom stereocenters. The summed E-state index contributed by atoms with van der Waals surface area (Å²) in [5, 5.41) is 24.7. The molecule has 8 heteroatoms. The van der Waals surface area contributed by atoms with Crippen LogP contribution in [0.25, 0.3) is 6.08 Å². The molecule has 36 heavy (non-hydrogen) atoms. The quantitative estimate of drug-likeness (QED) is 0.431. The fraction of sp³-hybridized carbons (Fsp3) is 0.750. The summed E-state index contributed by atoms with van der Waals surface area (Å²) in [5.74, 6) is -1.54. The summed E-state index contributed by atoms with van der Waals surface area (Å²) in [4.78, 5) is 30.8. The van der Waals surface area contributed by atoms with Gasteiger partial charge in [0, 0.05) is 17.7 Å². The minimum atomic E-state index is -1.23. The number of thiazole rings is 1. The molecule has 2 aliphatic heterocycles. The van der Waals surface area contributed by atoms with Crippen molar-refractivity contribution in [2.24, 2.45) is 17.3 Å². The third-order valence-corrected chi connectivity index (χ3v) is 9.12. The Balaban J connectivity index is 1.88. The number of nitrogens with zero attached hydrogens (tertiary/aromatic N) is 1. The first kappa shape index (κ1) is 29.0. The number of aromatic nitrogens is 1. The van der Waals surface area contributed by atoms with E-state index in [1.165, 1.54) is 0 Å². The molecular weight excluding hydrogens is 478 g/mol. The molecular formula is C28H43NO6S. The van der Waals surface area contributed by atoms with Crippen LogP contribution in [0.2, 0.25) is 0 Å². The summed E-state index contributed by atoms with van der Waals surface area (Å²) in [6, 6.07) is 0. The zero-order valence-corrected chi connectivity index (χ0v) is 23.6. The Morgan fingerprint density at radius 2 is 1.97 bits per heavy atom. The zero-order valence-electron chi connectivity index (χ0n) is 22.7. The maximum absolute atomic E-state index is 13.3. The molecule has 7 nitrogen and oxygen atoms in total. The lowest BCUT2D eigenvalue weighted by Crippen LogP contribution is -2.45. The van der Waals surface area contributed by atoms with Gasteiger partial charge in [0.05, 0.1) is 46.5 Å². The van der Waals surface area contributed by atoms with Crippen molar-refractivity contribution >= 4 is 29.2 Å². The lowest BCUT2D eigenvalue weighted by atomic mass is 9.73. The molecule has 3 heterocycles. The molecule has 3 rings (SSSR count). The van der Waals surface area contributed by atoms with Crippen LogP contribution in [0.3, 0.4) is 0 Å². The minimum absolute atomic E-state index is 0.0316.